The standard InChI is InChI=1S/C42H40Cl2N6O18P2S2/c43-21-27-23-47(37-19-35(49(53)54)33-17-29(6-8-31(33)41(27)37)71(63,64)45-12-14-67-69(57,58)59)39(51)10-4-25-2-1-3-26(16-25)5-11-40(52)48-24-28(22-44)42-32-9-7-30(18-34(32)36(50(55)56)20-38(42)48)72(65,66)46-13-15-68-70(60,61)62/h1-11,16-20,27-28,45-46H,12-15,21-24H2,(H2,57,58,59)(H2,60,61,62)/b10-4+,11-5+. The molecule has 5 aromatic carbocycles. The van der Waals surface area contributed by atoms with E-state index in [4.69, 9.17) is 42.8 Å². The van der Waals surface area contributed by atoms with Crippen LogP contribution < -0.4 is 19.2 Å². The number of fused-ring (bicyclic) bond motifs is 6. The number of carbonyl (C=O) groups is 2. The highest BCUT2D eigenvalue weighted by molar-refractivity contribution is 7.89. The number of anilines is 2. The second-order valence-corrected chi connectivity index (χ2v) is 22.6. The number of amides is 2. The van der Waals surface area contributed by atoms with E-state index in [-0.39, 0.29) is 67.6 Å². The first kappa shape index (κ1) is 54.2. The molecular weight excluding hydrogens is 1070 g/mol. The number of nitro benzene ring substituents is 2. The molecule has 7 rings (SSSR count). The highest BCUT2D eigenvalue weighted by atomic mass is 35.5. The van der Waals surface area contributed by atoms with Gasteiger partial charge in [0.2, 0.25) is 20.0 Å². The summed E-state index contributed by atoms with van der Waals surface area (Å²) in [6.45, 7) is -2.31. The van der Waals surface area contributed by atoms with E-state index in [0.717, 1.165) is 24.3 Å². The minimum atomic E-state index is -4.86. The number of sulfonamides is 2. The predicted molar refractivity (Wildman–Crippen MR) is 264 cm³/mol. The van der Waals surface area contributed by atoms with Crippen molar-refractivity contribution in [3.05, 3.63) is 127 Å². The van der Waals surface area contributed by atoms with E-state index in [1.165, 1.54) is 58.4 Å². The maximum Gasteiger partial charge on any atom is 0.469 e. The maximum absolute atomic E-state index is 13.8. The Kier molecular flexibility index (Phi) is 16.2. The predicted octanol–water partition coefficient (Wildman–Crippen LogP) is 5.35. The van der Waals surface area contributed by atoms with Crippen LogP contribution in [0.1, 0.15) is 34.1 Å². The third-order valence-corrected chi connectivity index (χ3v) is 16.1. The smallest absolute Gasteiger partial charge is 0.308 e. The fourth-order valence-corrected chi connectivity index (χ4v) is 11.6. The molecule has 72 heavy (non-hydrogen) atoms. The van der Waals surface area contributed by atoms with Crippen molar-refractivity contribution in [3.8, 4) is 0 Å². The van der Waals surface area contributed by atoms with E-state index in [1.807, 2.05) is 0 Å². The minimum absolute atomic E-state index is 0.0122. The van der Waals surface area contributed by atoms with Crippen LogP contribution in [0.3, 0.4) is 0 Å². The molecule has 0 radical (unpaired) electrons. The second-order valence-electron chi connectivity index (χ2n) is 16.0. The number of non-ortho nitro benzene ring substituents is 2. The lowest BCUT2D eigenvalue weighted by molar-refractivity contribution is -0.383. The average Bonchev–Trinajstić information content (AvgIpc) is 3.90. The van der Waals surface area contributed by atoms with Crippen LogP contribution in [0.25, 0.3) is 33.7 Å². The highest BCUT2D eigenvalue weighted by Crippen LogP contribution is 2.48. The van der Waals surface area contributed by atoms with Crippen LogP contribution in [0.15, 0.2) is 94.7 Å². The van der Waals surface area contributed by atoms with E-state index in [2.05, 4.69) is 18.5 Å². The van der Waals surface area contributed by atoms with Gasteiger partial charge in [-0.25, -0.2) is 35.4 Å². The molecule has 0 aliphatic carbocycles. The Hall–Kier alpha value is -5.54. The number of hydrogen-bond acceptors (Lipinski definition) is 14. The summed E-state index contributed by atoms with van der Waals surface area (Å²) in [6, 6.07) is 16.2. The van der Waals surface area contributed by atoms with Gasteiger partial charge in [0, 0.05) is 74.1 Å². The van der Waals surface area contributed by atoms with E-state index < -0.39 is 107 Å². The molecule has 2 aliphatic heterocycles. The van der Waals surface area contributed by atoms with Crippen molar-refractivity contribution in [1.29, 1.82) is 0 Å². The van der Waals surface area contributed by atoms with Gasteiger partial charge in [0.15, 0.2) is 0 Å². The number of hydrogen-bond donors (Lipinski definition) is 6. The zero-order valence-corrected chi connectivity index (χ0v) is 41.7. The first-order valence-electron chi connectivity index (χ1n) is 20.9. The van der Waals surface area contributed by atoms with Crippen molar-refractivity contribution < 1.29 is 74.0 Å². The quantitative estimate of drug-likeness (QED) is 0.0143. The van der Waals surface area contributed by atoms with Gasteiger partial charge >= 0.3 is 15.6 Å². The number of phosphoric acid groups is 2. The van der Waals surface area contributed by atoms with E-state index in [0.29, 0.717) is 22.3 Å². The molecule has 0 fully saturated rings. The summed E-state index contributed by atoms with van der Waals surface area (Å²) in [4.78, 5) is 88.3. The molecule has 0 saturated heterocycles. The van der Waals surface area contributed by atoms with Gasteiger partial charge in [0.05, 0.1) is 55.0 Å². The van der Waals surface area contributed by atoms with E-state index in [9.17, 15) is 55.8 Å². The van der Waals surface area contributed by atoms with Crippen LogP contribution in [-0.2, 0) is 47.8 Å². The molecule has 24 nitrogen and oxygen atoms in total. The molecule has 0 spiro atoms. The van der Waals surface area contributed by atoms with Crippen LogP contribution in [-0.4, -0.2) is 109 Å². The van der Waals surface area contributed by atoms with Gasteiger partial charge < -0.3 is 29.4 Å². The molecule has 382 valence electrons. The summed E-state index contributed by atoms with van der Waals surface area (Å²) in [6.07, 6.45) is 5.46. The molecule has 2 amide bonds. The number of halogens is 2. The molecule has 30 heteroatoms. The van der Waals surface area contributed by atoms with E-state index in [1.54, 1.807) is 24.3 Å². The number of rotatable bonds is 20. The third-order valence-electron chi connectivity index (χ3n) is 11.4. The number of nitrogens with zero attached hydrogens (tertiary/aromatic N) is 4. The molecule has 0 aromatic heterocycles. The Balaban J connectivity index is 1.10. The molecule has 0 bridgehead atoms. The van der Waals surface area contributed by atoms with Gasteiger partial charge in [-0.1, -0.05) is 30.3 Å². The molecule has 5 aromatic rings. The topological polar surface area (TPSA) is 353 Å². The summed E-state index contributed by atoms with van der Waals surface area (Å²) in [5.74, 6) is -2.21. The monoisotopic (exact) mass is 1110 g/mol. The van der Waals surface area contributed by atoms with Gasteiger partial charge in [0.25, 0.3) is 23.2 Å². The third kappa shape index (κ3) is 12.1. The van der Waals surface area contributed by atoms with Crippen LogP contribution in [0, 0.1) is 20.2 Å². The van der Waals surface area contributed by atoms with E-state index >= 15 is 0 Å². The van der Waals surface area contributed by atoms with Gasteiger partial charge in [0.1, 0.15) is 0 Å². The Labute approximate surface area is 418 Å². The Morgan fingerprint density at radius 2 is 1.04 bits per heavy atom. The van der Waals surface area contributed by atoms with Crippen LogP contribution >= 0.6 is 38.8 Å². The lowest BCUT2D eigenvalue weighted by atomic mass is 9.95. The zero-order chi connectivity index (χ0) is 52.5. The van der Waals surface area contributed by atoms with Crippen molar-refractivity contribution in [2.45, 2.75) is 21.6 Å². The fourth-order valence-electron chi connectivity index (χ4n) is 8.35. The Morgan fingerprint density at radius 1 is 0.653 bits per heavy atom. The van der Waals surface area contributed by atoms with Crippen molar-refractivity contribution in [1.82, 2.24) is 9.44 Å². The first-order chi connectivity index (χ1) is 33.8. The molecule has 2 aliphatic rings. The highest BCUT2D eigenvalue weighted by Gasteiger charge is 2.38. The number of phosphoric ester groups is 2. The fraction of sp³-hybridized carbons (Fsp3) is 0.238. The van der Waals surface area contributed by atoms with Gasteiger partial charge in [-0.15, -0.1) is 23.2 Å². The van der Waals surface area contributed by atoms with Gasteiger partial charge in [-0.2, -0.15) is 0 Å². The Morgan fingerprint density at radius 3 is 1.39 bits per heavy atom. The molecular formula is C42H40Cl2N6O18P2S2. The molecule has 2 heterocycles. The van der Waals surface area contributed by atoms with Crippen LogP contribution in [0.2, 0.25) is 0 Å². The minimum Gasteiger partial charge on any atom is -0.308 e. The SMILES string of the molecule is O=C(/C=C/c1cccc(/C=C/C(=O)N2CC(CCl)c3c2cc([N+](=O)[O-])c2cc(S(=O)(=O)NCCOP(=O)(O)O)ccc32)c1)N1CC(CCl)c2c1cc([N+](=O)[O-])c1cc(S(=O)(=O)NCCOP(=O)(O)O)ccc21. The van der Waals surface area contributed by atoms with Crippen molar-refractivity contribution in [3.63, 3.8) is 0 Å². The van der Waals surface area contributed by atoms with Crippen molar-refractivity contribution >= 4 is 127 Å². The van der Waals surface area contributed by atoms with Crippen LogP contribution in [0.5, 0.6) is 0 Å². The zero-order valence-electron chi connectivity index (χ0n) is 36.8. The number of nitrogens with one attached hydrogen (secondary N) is 2. The summed E-state index contributed by atoms with van der Waals surface area (Å²) in [5, 5.41) is 25.2. The summed E-state index contributed by atoms with van der Waals surface area (Å²) in [5.41, 5.74) is 1.30. The Bertz CT molecular complexity index is 3220. The largest absolute Gasteiger partial charge is 0.469 e. The number of nitro groups is 2. The van der Waals surface area contributed by atoms with Crippen molar-refractivity contribution in [2.75, 3.05) is 61.0 Å². The molecule has 2 atom stereocenters. The number of alkyl halides is 2. The molecule has 0 saturated carbocycles. The van der Waals surface area contributed by atoms with Gasteiger partial charge in [-0.3, -0.25) is 38.9 Å². The second kappa shape index (κ2) is 21.5. The number of benzene rings is 5. The summed E-state index contributed by atoms with van der Waals surface area (Å²) < 4.78 is 86.7. The first-order valence-corrected chi connectivity index (χ1v) is 28.0. The number of carbonyl (C=O) groups excluding carboxylic acids is 2. The summed E-state index contributed by atoms with van der Waals surface area (Å²) in [7, 11) is -18.4. The summed E-state index contributed by atoms with van der Waals surface area (Å²) >= 11 is 12.7. The van der Waals surface area contributed by atoms with Crippen LogP contribution in [0.4, 0.5) is 22.7 Å². The normalized spacial score (nSPS) is 16.3. The molecule has 6 N–H and O–H groups in total. The average molecular weight is 1110 g/mol. The maximum atomic E-state index is 13.8. The molecule has 2 unspecified atom stereocenters. The lowest BCUT2D eigenvalue weighted by Gasteiger charge is -2.16. The van der Waals surface area contributed by atoms with Gasteiger partial charge in [-0.05, 0) is 75.5 Å². The lowest BCUT2D eigenvalue weighted by Crippen LogP contribution is -2.28. The van der Waals surface area contributed by atoms with Crippen molar-refractivity contribution in [2.24, 2.45) is 0 Å².